The smallest absolute Gasteiger partial charge is 0.0445 e. The molecular weight excluding hydrogens is 262 g/mol. The van der Waals surface area contributed by atoms with E-state index in [1.165, 1.54) is 26.1 Å². The van der Waals surface area contributed by atoms with Crippen LogP contribution < -0.4 is 0 Å². The highest BCUT2D eigenvalue weighted by Gasteiger charge is 2.20. The monoisotopic (exact) mass is 277 g/mol. The van der Waals surface area contributed by atoms with Gasteiger partial charge in [-0.25, -0.2) is 0 Å². The van der Waals surface area contributed by atoms with E-state index in [2.05, 4.69) is 37.1 Å². The van der Waals surface area contributed by atoms with Crippen molar-refractivity contribution >= 4 is 39.1 Å². The Morgan fingerprint density at radius 1 is 1.33 bits per heavy atom. The van der Waals surface area contributed by atoms with Crippen molar-refractivity contribution in [1.29, 1.82) is 0 Å². The topological polar surface area (TPSA) is 3.24 Å². The molecule has 0 unspecified atom stereocenters. The van der Waals surface area contributed by atoms with E-state index in [4.69, 9.17) is 11.6 Å². The fourth-order valence-electron chi connectivity index (χ4n) is 2.66. The molecule has 0 N–H and O–H groups in total. The Balaban J connectivity index is 2.35. The highest BCUT2D eigenvalue weighted by molar-refractivity contribution is 7.20. The van der Waals surface area contributed by atoms with Gasteiger partial charge in [-0.05, 0) is 49.7 Å². The van der Waals surface area contributed by atoms with Gasteiger partial charge in [-0.1, -0.05) is 17.7 Å². The van der Waals surface area contributed by atoms with Crippen LogP contribution in [0, 0.1) is 0 Å². The van der Waals surface area contributed by atoms with E-state index >= 15 is 0 Å². The number of thiophene rings is 1. The summed E-state index contributed by atoms with van der Waals surface area (Å²) in [6.45, 7) is 4.17. The lowest BCUT2D eigenvalue weighted by Gasteiger charge is -2.13. The molecule has 3 heteroatoms. The molecule has 0 radical (unpaired) electrons. The third-order valence-electron chi connectivity index (χ3n) is 3.53. The van der Waals surface area contributed by atoms with Crippen molar-refractivity contribution < 1.29 is 0 Å². The van der Waals surface area contributed by atoms with Crippen molar-refractivity contribution in [3.05, 3.63) is 39.2 Å². The lowest BCUT2D eigenvalue weighted by molar-refractivity contribution is 0.337. The average Bonchev–Trinajstić information content (AvgIpc) is 2.56. The van der Waals surface area contributed by atoms with Crippen molar-refractivity contribution in [1.82, 2.24) is 4.90 Å². The van der Waals surface area contributed by atoms with Crippen molar-refractivity contribution in [3.63, 3.8) is 0 Å². The highest BCUT2D eigenvalue weighted by Crippen LogP contribution is 2.39. The second-order valence-corrected chi connectivity index (χ2v) is 6.32. The molecule has 0 amide bonds. The molecule has 0 saturated heterocycles. The number of nitrogens with zero attached hydrogens (tertiary/aromatic N) is 1. The zero-order chi connectivity index (χ0) is 12.7. The van der Waals surface area contributed by atoms with Gasteiger partial charge in [-0.15, -0.1) is 11.3 Å². The molecule has 2 heterocycles. The quantitative estimate of drug-likeness (QED) is 0.738. The molecule has 0 spiro atoms. The molecule has 0 fully saturated rings. The van der Waals surface area contributed by atoms with E-state index in [9.17, 15) is 0 Å². The molecule has 94 valence electrons. The van der Waals surface area contributed by atoms with Crippen molar-refractivity contribution in [2.24, 2.45) is 0 Å². The Bertz CT molecular complexity index is 627. The molecule has 1 aliphatic heterocycles. The first-order valence-electron chi connectivity index (χ1n) is 6.24. The normalized spacial score (nSPS) is 16.6. The van der Waals surface area contributed by atoms with Gasteiger partial charge >= 0.3 is 0 Å². The SMILES string of the molecule is CC=Cc1sc2ccc(Cl)c3c2c1CN(C)CC3. The predicted octanol–water partition coefficient (Wildman–Crippen LogP) is 4.58. The number of halogens is 1. The minimum absolute atomic E-state index is 0.920. The van der Waals surface area contributed by atoms with E-state index < -0.39 is 0 Å². The Morgan fingerprint density at radius 3 is 2.94 bits per heavy atom. The van der Waals surface area contributed by atoms with Gasteiger partial charge in [0.1, 0.15) is 0 Å². The summed E-state index contributed by atoms with van der Waals surface area (Å²) in [7, 11) is 2.18. The van der Waals surface area contributed by atoms with Gasteiger partial charge in [0.25, 0.3) is 0 Å². The number of rotatable bonds is 1. The maximum Gasteiger partial charge on any atom is 0.0445 e. The van der Waals surface area contributed by atoms with E-state index in [0.717, 1.165) is 24.5 Å². The fraction of sp³-hybridized carbons (Fsp3) is 0.333. The summed E-state index contributed by atoms with van der Waals surface area (Å²) >= 11 is 8.26. The molecule has 3 rings (SSSR count). The van der Waals surface area contributed by atoms with Gasteiger partial charge in [-0.3, -0.25) is 0 Å². The minimum Gasteiger partial charge on any atom is -0.302 e. The van der Waals surface area contributed by atoms with Gasteiger partial charge in [0.2, 0.25) is 0 Å². The van der Waals surface area contributed by atoms with Gasteiger partial charge in [0.05, 0.1) is 0 Å². The number of likely N-dealkylation sites (N-methyl/N-ethyl adjacent to an activating group) is 1. The third-order valence-corrected chi connectivity index (χ3v) is 5.04. The Hall–Kier alpha value is -0.830. The van der Waals surface area contributed by atoms with Crippen LogP contribution in [0.15, 0.2) is 18.2 Å². The first-order valence-corrected chi connectivity index (χ1v) is 7.44. The predicted molar refractivity (Wildman–Crippen MR) is 81.6 cm³/mol. The summed E-state index contributed by atoms with van der Waals surface area (Å²) in [5.41, 5.74) is 2.78. The van der Waals surface area contributed by atoms with Crippen LogP contribution in [0.4, 0.5) is 0 Å². The molecule has 0 aliphatic carbocycles. The summed E-state index contributed by atoms with van der Waals surface area (Å²) < 4.78 is 1.37. The molecule has 0 bridgehead atoms. The lowest BCUT2D eigenvalue weighted by Crippen LogP contribution is -2.18. The largest absolute Gasteiger partial charge is 0.302 e. The Morgan fingerprint density at radius 2 is 2.17 bits per heavy atom. The molecule has 2 aromatic rings. The van der Waals surface area contributed by atoms with E-state index in [1.807, 2.05) is 17.4 Å². The van der Waals surface area contributed by atoms with Gasteiger partial charge in [0.15, 0.2) is 0 Å². The number of hydrogen-bond acceptors (Lipinski definition) is 2. The van der Waals surface area contributed by atoms with Crippen LogP contribution in [0.2, 0.25) is 5.02 Å². The highest BCUT2D eigenvalue weighted by atomic mass is 35.5. The maximum absolute atomic E-state index is 6.38. The number of hydrogen-bond donors (Lipinski definition) is 0. The molecule has 1 aliphatic rings. The average molecular weight is 278 g/mol. The summed E-state index contributed by atoms with van der Waals surface area (Å²) in [6.07, 6.45) is 5.38. The molecule has 1 nitrogen and oxygen atoms in total. The molecular formula is C15H16ClNS. The van der Waals surface area contributed by atoms with E-state index in [-0.39, 0.29) is 0 Å². The van der Waals surface area contributed by atoms with Crippen molar-refractivity contribution in [2.75, 3.05) is 13.6 Å². The zero-order valence-electron chi connectivity index (χ0n) is 10.7. The van der Waals surface area contributed by atoms with E-state index in [0.29, 0.717) is 0 Å². The molecule has 0 atom stereocenters. The molecule has 18 heavy (non-hydrogen) atoms. The first kappa shape index (κ1) is 12.2. The Labute approximate surface area is 117 Å². The summed E-state index contributed by atoms with van der Waals surface area (Å²) in [4.78, 5) is 3.76. The molecule has 1 aromatic heterocycles. The van der Waals surface area contributed by atoms with Gasteiger partial charge in [-0.2, -0.15) is 0 Å². The third kappa shape index (κ3) is 1.89. The number of allylic oxidation sites excluding steroid dienone is 1. The summed E-state index contributed by atoms with van der Waals surface area (Å²) in [5, 5.41) is 2.33. The van der Waals surface area contributed by atoms with Crippen LogP contribution in [0.5, 0.6) is 0 Å². The van der Waals surface area contributed by atoms with Gasteiger partial charge in [0, 0.05) is 33.1 Å². The maximum atomic E-state index is 6.38. The minimum atomic E-state index is 0.920. The summed E-state index contributed by atoms with van der Waals surface area (Å²) in [6, 6.07) is 4.21. The van der Waals surface area contributed by atoms with Crippen molar-refractivity contribution in [2.45, 2.75) is 19.9 Å². The Kier molecular flexibility index (Phi) is 3.18. The number of benzene rings is 1. The van der Waals surface area contributed by atoms with Crippen LogP contribution in [-0.4, -0.2) is 18.5 Å². The van der Waals surface area contributed by atoms with Crippen LogP contribution in [0.3, 0.4) is 0 Å². The van der Waals surface area contributed by atoms with Gasteiger partial charge < -0.3 is 4.90 Å². The van der Waals surface area contributed by atoms with E-state index in [1.54, 1.807) is 0 Å². The van der Waals surface area contributed by atoms with Crippen LogP contribution in [0.1, 0.15) is 22.9 Å². The van der Waals surface area contributed by atoms with Crippen LogP contribution in [0.25, 0.3) is 16.2 Å². The molecule has 0 saturated carbocycles. The first-order chi connectivity index (χ1) is 8.70. The van der Waals surface area contributed by atoms with Crippen LogP contribution in [-0.2, 0) is 13.0 Å². The fourth-order valence-corrected chi connectivity index (χ4v) is 4.13. The lowest BCUT2D eigenvalue weighted by atomic mass is 10.0. The molecule has 1 aromatic carbocycles. The second-order valence-electron chi connectivity index (χ2n) is 4.83. The van der Waals surface area contributed by atoms with Crippen molar-refractivity contribution in [3.8, 4) is 0 Å². The zero-order valence-corrected chi connectivity index (χ0v) is 12.2. The second kappa shape index (κ2) is 4.69. The standard InChI is InChI=1S/C15H16ClNS/c1-3-4-13-11-9-17(2)8-7-10-12(16)5-6-14(18-13)15(10)11/h3-6H,7-9H2,1-2H3. The summed E-state index contributed by atoms with van der Waals surface area (Å²) in [5.74, 6) is 0. The van der Waals surface area contributed by atoms with Crippen LogP contribution >= 0.6 is 22.9 Å².